The number of hydrogen-bond donors (Lipinski definition) is 1. The summed E-state index contributed by atoms with van der Waals surface area (Å²) < 4.78 is 56.4. The van der Waals surface area contributed by atoms with E-state index in [0.29, 0.717) is 26.1 Å². The maximum atomic E-state index is 13.5. The zero-order valence-corrected chi connectivity index (χ0v) is 19.0. The Balaban J connectivity index is 1.73. The van der Waals surface area contributed by atoms with Gasteiger partial charge in [-0.2, -0.15) is 0 Å². The summed E-state index contributed by atoms with van der Waals surface area (Å²) in [5.74, 6) is 0. The largest absolute Gasteiger partial charge is 0.444 e. The highest BCUT2D eigenvalue weighted by Gasteiger charge is 2.54. The van der Waals surface area contributed by atoms with Crippen molar-refractivity contribution in [2.75, 3.05) is 25.9 Å². The number of nitrogens with zero attached hydrogens (tertiary/aromatic N) is 4. The van der Waals surface area contributed by atoms with E-state index in [-0.39, 0.29) is 16.6 Å². The molecule has 4 heterocycles. The molecule has 0 bridgehead atoms. The summed E-state index contributed by atoms with van der Waals surface area (Å²) in [4.78, 5) is 26.3. The van der Waals surface area contributed by atoms with Crippen LogP contribution in [0.5, 0.6) is 0 Å². The van der Waals surface area contributed by atoms with Gasteiger partial charge in [0.1, 0.15) is 11.3 Å². The first kappa shape index (κ1) is 22.7. The van der Waals surface area contributed by atoms with Crippen LogP contribution in [-0.4, -0.2) is 65.9 Å². The predicted octanol–water partition coefficient (Wildman–Crippen LogP) is 2.64. The molecule has 32 heavy (non-hydrogen) atoms. The van der Waals surface area contributed by atoms with Crippen LogP contribution in [0.4, 0.5) is 13.6 Å². The van der Waals surface area contributed by atoms with Crippen LogP contribution < -0.4 is 5.32 Å². The van der Waals surface area contributed by atoms with E-state index in [1.54, 1.807) is 25.7 Å². The third kappa shape index (κ3) is 4.13. The van der Waals surface area contributed by atoms with E-state index in [2.05, 4.69) is 20.3 Å². The average Bonchev–Trinajstić information content (AvgIpc) is 3.12. The Hall–Kier alpha value is -2.47. The van der Waals surface area contributed by atoms with Crippen LogP contribution in [0.15, 0.2) is 17.4 Å². The molecule has 0 radical (unpaired) electrons. The van der Waals surface area contributed by atoms with Crippen LogP contribution in [0.1, 0.15) is 51.0 Å². The number of pyridine rings is 1. The molecule has 2 saturated heterocycles. The molecule has 2 aliphatic heterocycles. The highest BCUT2D eigenvalue weighted by molar-refractivity contribution is 7.90. The van der Waals surface area contributed by atoms with Gasteiger partial charge in [0.15, 0.2) is 0 Å². The minimum absolute atomic E-state index is 0.206. The molecule has 1 spiro atoms. The van der Waals surface area contributed by atoms with Gasteiger partial charge in [-0.1, -0.05) is 0 Å². The van der Waals surface area contributed by atoms with Gasteiger partial charge in [0, 0.05) is 42.9 Å². The van der Waals surface area contributed by atoms with E-state index in [1.807, 2.05) is 0 Å². The molecule has 174 valence electrons. The van der Waals surface area contributed by atoms with Crippen LogP contribution in [0, 0.1) is 5.41 Å². The molecule has 2 aliphatic rings. The van der Waals surface area contributed by atoms with Gasteiger partial charge in [-0.05, 0) is 33.3 Å². The Bertz CT molecular complexity index is 1180. The average molecular weight is 470 g/mol. The summed E-state index contributed by atoms with van der Waals surface area (Å²) >= 11 is 0. The van der Waals surface area contributed by atoms with Crippen molar-refractivity contribution >= 4 is 26.8 Å². The van der Waals surface area contributed by atoms with Crippen molar-refractivity contribution in [3.05, 3.63) is 23.7 Å². The molecular weight excluding hydrogens is 444 g/mol. The fourth-order valence-electron chi connectivity index (χ4n) is 4.20. The van der Waals surface area contributed by atoms with Crippen LogP contribution in [0.25, 0.3) is 10.9 Å². The zero-order valence-electron chi connectivity index (χ0n) is 18.2. The van der Waals surface area contributed by atoms with Crippen molar-refractivity contribution in [3.63, 3.8) is 0 Å². The van der Waals surface area contributed by atoms with Crippen molar-refractivity contribution in [1.82, 2.24) is 25.2 Å². The van der Waals surface area contributed by atoms with Gasteiger partial charge in [0.2, 0.25) is 15.0 Å². The van der Waals surface area contributed by atoms with Gasteiger partial charge in [-0.3, -0.25) is 0 Å². The van der Waals surface area contributed by atoms with E-state index in [1.165, 1.54) is 12.3 Å². The van der Waals surface area contributed by atoms with E-state index >= 15 is 0 Å². The predicted molar refractivity (Wildman–Crippen MR) is 111 cm³/mol. The van der Waals surface area contributed by atoms with Gasteiger partial charge in [0.25, 0.3) is 6.43 Å². The number of hydrogen-bond acceptors (Lipinski definition) is 8. The highest BCUT2D eigenvalue weighted by Crippen LogP contribution is 2.49. The van der Waals surface area contributed by atoms with Crippen LogP contribution in [0.2, 0.25) is 0 Å². The molecule has 1 amide bonds. The lowest BCUT2D eigenvalue weighted by molar-refractivity contribution is 0.0214. The Morgan fingerprint density at radius 2 is 2.06 bits per heavy atom. The third-order valence-electron chi connectivity index (χ3n) is 5.73. The Morgan fingerprint density at radius 3 is 2.62 bits per heavy atom. The number of aromatic nitrogens is 3. The van der Waals surface area contributed by atoms with E-state index in [9.17, 15) is 22.0 Å². The lowest BCUT2D eigenvalue weighted by Gasteiger charge is -2.47. The number of likely N-dealkylation sites (tertiary alicyclic amines) is 1. The van der Waals surface area contributed by atoms with E-state index in [0.717, 1.165) is 6.26 Å². The molecule has 12 heteroatoms. The third-order valence-corrected chi connectivity index (χ3v) is 6.59. The number of carbonyl (C=O) groups is 1. The maximum absolute atomic E-state index is 13.5. The minimum Gasteiger partial charge on any atom is -0.444 e. The second-order valence-corrected chi connectivity index (χ2v) is 11.3. The van der Waals surface area contributed by atoms with Crippen molar-refractivity contribution in [2.45, 2.75) is 50.4 Å². The summed E-state index contributed by atoms with van der Waals surface area (Å²) in [5, 5.41) is 3.11. The fraction of sp³-hybridized carbons (Fsp3) is 0.600. The topological polar surface area (TPSA) is 114 Å². The maximum Gasteiger partial charge on any atom is 0.410 e. The van der Waals surface area contributed by atoms with Crippen molar-refractivity contribution in [1.29, 1.82) is 0 Å². The van der Waals surface area contributed by atoms with Crippen molar-refractivity contribution < 1.29 is 26.7 Å². The second-order valence-electron chi connectivity index (χ2n) is 9.42. The number of carbonyl (C=O) groups excluding carboxylic acids is 1. The Labute approximate surface area is 184 Å². The summed E-state index contributed by atoms with van der Waals surface area (Å²) in [6.07, 6.45) is -0.418. The summed E-state index contributed by atoms with van der Waals surface area (Å²) in [7, 11) is -3.70. The fourth-order valence-corrected chi connectivity index (χ4v) is 4.70. The van der Waals surface area contributed by atoms with Gasteiger partial charge < -0.3 is 15.0 Å². The molecule has 0 aliphatic carbocycles. The summed E-state index contributed by atoms with van der Waals surface area (Å²) in [5.41, 5.74) is -1.06. The lowest BCUT2D eigenvalue weighted by atomic mass is 9.71. The smallest absolute Gasteiger partial charge is 0.410 e. The summed E-state index contributed by atoms with van der Waals surface area (Å²) in [6, 6.07) is 0.696. The first-order valence-corrected chi connectivity index (χ1v) is 12.1. The van der Waals surface area contributed by atoms with Gasteiger partial charge >= 0.3 is 6.09 Å². The van der Waals surface area contributed by atoms with Gasteiger partial charge in [-0.25, -0.2) is 36.9 Å². The van der Waals surface area contributed by atoms with Crippen LogP contribution in [0.3, 0.4) is 0 Å². The minimum atomic E-state index is -3.70. The Morgan fingerprint density at radius 1 is 1.34 bits per heavy atom. The van der Waals surface area contributed by atoms with Crippen molar-refractivity contribution in [3.8, 4) is 0 Å². The number of halogens is 2. The molecule has 2 fully saturated rings. The molecule has 0 saturated carbocycles. The lowest BCUT2D eigenvalue weighted by Crippen LogP contribution is -2.58. The zero-order chi connectivity index (χ0) is 23.5. The second kappa shape index (κ2) is 7.55. The molecule has 9 nitrogen and oxygen atoms in total. The quantitative estimate of drug-likeness (QED) is 0.683. The number of ether oxygens (including phenoxy) is 1. The molecular formula is C20H25F2N5O4S. The number of sulfone groups is 1. The first-order chi connectivity index (χ1) is 14.8. The number of fused-ring (bicyclic) bond motifs is 1. The monoisotopic (exact) mass is 469 g/mol. The van der Waals surface area contributed by atoms with E-state index < -0.39 is 50.3 Å². The molecule has 2 aromatic rings. The Kier molecular flexibility index (Phi) is 5.36. The summed E-state index contributed by atoms with van der Waals surface area (Å²) in [6.45, 7) is 6.75. The van der Waals surface area contributed by atoms with Gasteiger partial charge in [0.05, 0.1) is 17.3 Å². The van der Waals surface area contributed by atoms with Crippen LogP contribution in [-0.2, 0) is 14.6 Å². The normalized spacial score (nSPS) is 23.7. The molecule has 2 atom stereocenters. The van der Waals surface area contributed by atoms with E-state index in [4.69, 9.17) is 4.74 Å². The molecule has 4 rings (SSSR count). The molecule has 1 N–H and O–H groups in total. The molecule has 0 aromatic carbocycles. The molecule has 2 unspecified atom stereocenters. The van der Waals surface area contributed by atoms with Gasteiger partial charge in [-0.15, -0.1) is 0 Å². The number of alkyl halides is 2. The van der Waals surface area contributed by atoms with Crippen molar-refractivity contribution in [2.24, 2.45) is 5.41 Å². The number of nitrogens with one attached hydrogen (secondary N) is 1. The van der Waals surface area contributed by atoms with Crippen LogP contribution >= 0.6 is 0 Å². The SMILES string of the molecule is CC(C)(C)OC(=O)N1CCC2(CNC2c2nc(C(F)F)cc3cnc(S(C)(=O)=O)nc23)C1. The molecule has 2 aromatic heterocycles. The highest BCUT2D eigenvalue weighted by atomic mass is 32.2. The standard InChI is InChI=1S/C20H25F2N5O4S/c1-19(2,3)31-18(28)27-6-5-20(10-27)9-24-15(20)14-13-11(7-12(25-14)16(21)22)8-23-17(26-13)32(4,29)30/h7-8,15-16,24H,5-6,9-10H2,1-4H3. The number of amides is 1. The first-order valence-electron chi connectivity index (χ1n) is 10.2. The number of rotatable bonds is 3.